The Kier molecular flexibility index (Phi) is 3.41. The van der Waals surface area contributed by atoms with Gasteiger partial charge in [0.05, 0.1) is 0 Å². The second kappa shape index (κ2) is 4.79. The summed E-state index contributed by atoms with van der Waals surface area (Å²) in [6.07, 6.45) is 2.56. The number of carbonyl (C=O) groups excluding carboxylic acids is 1. The normalized spacial score (nSPS) is 10.2. The van der Waals surface area contributed by atoms with Crippen LogP contribution in [0.25, 0.3) is 0 Å². The molecular formula is C10H6ClNOS2. The van der Waals surface area contributed by atoms with Crippen LogP contribution < -0.4 is 0 Å². The van der Waals surface area contributed by atoms with Crippen molar-refractivity contribution in [3.8, 4) is 0 Å². The molecule has 0 bridgehead atoms. The molecule has 0 aliphatic rings. The van der Waals surface area contributed by atoms with E-state index >= 15 is 0 Å². The average molecular weight is 256 g/mol. The molecule has 2 rings (SSSR count). The van der Waals surface area contributed by atoms with Gasteiger partial charge in [-0.25, -0.2) is 4.98 Å². The fourth-order valence-electron chi connectivity index (χ4n) is 1.05. The molecule has 15 heavy (non-hydrogen) atoms. The predicted octanol–water partition coefficient (Wildman–Crippen LogP) is 3.76. The minimum Gasteiger partial charge on any atom is -0.298 e. The minimum atomic E-state index is 0.625. The van der Waals surface area contributed by atoms with Crippen molar-refractivity contribution in [3.63, 3.8) is 0 Å². The number of rotatable bonds is 3. The number of carbonyl (C=O) groups is 1. The molecule has 0 aliphatic carbocycles. The van der Waals surface area contributed by atoms with Crippen LogP contribution in [0.2, 0.25) is 5.02 Å². The van der Waals surface area contributed by atoms with Crippen molar-refractivity contribution in [2.75, 3.05) is 0 Å². The van der Waals surface area contributed by atoms with Gasteiger partial charge in [-0.2, -0.15) is 0 Å². The van der Waals surface area contributed by atoms with Gasteiger partial charge >= 0.3 is 0 Å². The molecule has 0 fully saturated rings. The number of thiazole rings is 1. The molecule has 2 nitrogen and oxygen atoms in total. The van der Waals surface area contributed by atoms with E-state index < -0.39 is 0 Å². The maximum atomic E-state index is 10.8. The summed E-state index contributed by atoms with van der Waals surface area (Å²) in [5.41, 5.74) is 0.639. The van der Waals surface area contributed by atoms with Gasteiger partial charge in [-0.3, -0.25) is 4.79 Å². The van der Waals surface area contributed by atoms with Crippen molar-refractivity contribution >= 4 is 41.0 Å². The highest BCUT2D eigenvalue weighted by Gasteiger charge is 2.06. The van der Waals surface area contributed by atoms with Crippen LogP contribution in [0.5, 0.6) is 0 Å². The third-order valence-corrected chi connectivity index (χ3v) is 3.90. The molecule has 76 valence electrons. The van der Waals surface area contributed by atoms with Crippen LogP contribution in [0.4, 0.5) is 0 Å². The van der Waals surface area contributed by atoms with Crippen LogP contribution in [0.15, 0.2) is 39.0 Å². The molecule has 0 amide bonds. The molecule has 5 heteroatoms. The highest BCUT2D eigenvalue weighted by molar-refractivity contribution is 8.01. The SMILES string of the molecule is O=Cc1ccc(Cl)cc1Sc1nccs1. The van der Waals surface area contributed by atoms with E-state index in [-0.39, 0.29) is 0 Å². The lowest BCUT2D eigenvalue weighted by Crippen LogP contribution is -1.84. The van der Waals surface area contributed by atoms with Gasteiger partial charge in [0.25, 0.3) is 0 Å². The fraction of sp³-hybridized carbons (Fsp3) is 0. The van der Waals surface area contributed by atoms with E-state index in [0.29, 0.717) is 10.6 Å². The molecule has 1 aromatic carbocycles. The monoisotopic (exact) mass is 255 g/mol. The summed E-state index contributed by atoms with van der Waals surface area (Å²) in [5, 5.41) is 2.52. The Bertz CT molecular complexity index is 470. The van der Waals surface area contributed by atoms with Gasteiger partial charge < -0.3 is 0 Å². The summed E-state index contributed by atoms with van der Waals surface area (Å²) in [4.78, 5) is 15.8. The van der Waals surface area contributed by atoms with Crippen molar-refractivity contribution in [2.45, 2.75) is 9.24 Å². The van der Waals surface area contributed by atoms with Gasteiger partial charge in [0.1, 0.15) is 0 Å². The number of benzene rings is 1. The molecular weight excluding hydrogens is 250 g/mol. The van der Waals surface area contributed by atoms with E-state index in [1.807, 2.05) is 5.38 Å². The van der Waals surface area contributed by atoms with Crippen LogP contribution in [-0.4, -0.2) is 11.3 Å². The lowest BCUT2D eigenvalue weighted by atomic mass is 10.2. The van der Waals surface area contributed by atoms with Gasteiger partial charge in [0, 0.05) is 27.1 Å². The van der Waals surface area contributed by atoms with Crippen molar-refractivity contribution < 1.29 is 4.79 Å². The predicted molar refractivity (Wildman–Crippen MR) is 63.1 cm³/mol. The molecule has 0 radical (unpaired) electrons. The molecule has 0 saturated heterocycles. The summed E-state index contributed by atoms with van der Waals surface area (Å²) in [6, 6.07) is 5.19. The largest absolute Gasteiger partial charge is 0.298 e. The zero-order valence-electron chi connectivity index (χ0n) is 7.51. The van der Waals surface area contributed by atoms with Crippen LogP contribution in [-0.2, 0) is 0 Å². The van der Waals surface area contributed by atoms with Gasteiger partial charge in [0.2, 0.25) is 0 Å². The molecule has 0 unspecified atom stereocenters. The molecule has 0 atom stereocenters. The third kappa shape index (κ3) is 2.59. The van der Waals surface area contributed by atoms with Crippen molar-refractivity contribution in [1.29, 1.82) is 0 Å². The summed E-state index contributed by atoms with van der Waals surface area (Å²) in [7, 11) is 0. The first kappa shape index (κ1) is 10.7. The number of nitrogens with zero attached hydrogens (tertiary/aromatic N) is 1. The highest BCUT2D eigenvalue weighted by Crippen LogP contribution is 2.32. The van der Waals surface area contributed by atoms with Gasteiger partial charge in [0.15, 0.2) is 10.6 Å². The van der Waals surface area contributed by atoms with E-state index in [2.05, 4.69) is 4.98 Å². The van der Waals surface area contributed by atoms with Gasteiger partial charge in [-0.15, -0.1) is 11.3 Å². The Morgan fingerprint density at radius 1 is 1.47 bits per heavy atom. The van der Waals surface area contributed by atoms with Gasteiger partial charge in [-0.1, -0.05) is 23.4 Å². The zero-order valence-corrected chi connectivity index (χ0v) is 9.90. The standard InChI is InChI=1S/C10H6ClNOS2/c11-8-2-1-7(6-13)9(5-8)15-10-12-3-4-14-10/h1-6H. The van der Waals surface area contributed by atoms with E-state index in [4.69, 9.17) is 11.6 Å². The second-order valence-electron chi connectivity index (χ2n) is 2.70. The molecule has 2 aromatic rings. The maximum Gasteiger partial charge on any atom is 0.154 e. The van der Waals surface area contributed by atoms with Crippen molar-refractivity contribution in [1.82, 2.24) is 4.98 Å². The zero-order chi connectivity index (χ0) is 10.7. The quantitative estimate of drug-likeness (QED) is 0.783. The lowest BCUT2D eigenvalue weighted by molar-refractivity contribution is 0.112. The molecule has 0 saturated carbocycles. The number of aldehydes is 1. The fourth-order valence-corrected chi connectivity index (χ4v) is 3.00. The summed E-state index contributed by atoms with van der Waals surface area (Å²) in [6.45, 7) is 0. The second-order valence-corrected chi connectivity index (χ2v) is 5.32. The first-order valence-electron chi connectivity index (χ1n) is 4.11. The Labute approximate surface area is 100 Å². The molecule has 0 aliphatic heterocycles. The van der Waals surface area contributed by atoms with Gasteiger partial charge in [-0.05, 0) is 18.2 Å². The highest BCUT2D eigenvalue weighted by atomic mass is 35.5. The Morgan fingerprint density at radius 3 is 3.00 bits per heavy atom. The number of hydrogen-bond acceptors (Lipinski definition) is 4. The van der Waals surface area contributed by atoms with Crippen LogP contribution >= 0.6 is 34.7 Å². The molecule has 1 aromatic heterocycles. The van der Waals surface area contributed by atoms with Crippen molar-refractivity contribution in [3.05, 3.63) is 40.4 Å². The maximum absolute atomic E-state index is 10.8. The lowest BCUT2D eigenvalue weighted by Gasteiger charge is -2.01. The van der Waals surface area contributed by atoms with Crippen LogP contribution in [0.3, 0.4) is 0 Å². The van der Waals surface area contributed by atoms with E-state index in [9.17, 15) is 4.79 Å². The number of aromatic nitrogens is 1. The molecule has 0 spiro atoms. The number of halogens is 1. The third-order valence-electron chi connectivity index (χ3n) is 1.71. The van der Waals surface area contributed by atoms with E-state index in [0.717, 1.165) is 15.5 Å². The summed E-state index contributed by atoms with van der Waals surface area (Å²) < 4.78 is 0.903. The first-order valence-corrected chi connectivity index (χ1v) is 6.19. The summed E-state index contributed by atoms with van der Waals surface area (Å²) >= 11 is 8.85. The number of hydrogen-bond donors (Lipinski definition) is 0. The molecule has 0 N–H and O–H groups in total. The van der Waals surface area contributed by atoms with Crippen LogP contribution in [0.1, 0.15) is 10.4 Å². The minimum absolute atomic E-state index is 0.625. The molecule has 1 heterocycles. The first-order chi connectivity index (χ1) is 7.29. The van der Waals surface area contributed by atoms with E-state index in [1.54, 1.807) is 24.4 Å². The topological polar surface area (TPSA) is 30.0 Å². The Hall–Kier alpha value is -0.840. The Morgan fingerprint density at radius 2 is 2.33 bits per heavy atom. The van der Waals surface area contributed by atoms with Crippen molar-refractivity contribution in [2.24, 2.45) is 0 Å². The van der Waals surface area contributed by atoms with E-state index in [1.165, 1.54) is 23.1 Å². The van der Waals surface area contributed by atoms with Crippen LogP contribution in [0, 0.1) is 0 Å². The smallest absolute Gasteiger partial charge is 0.154 e. The Balaban J connectivity index is 2.34. The summed E-state index contributed by atoms with van der Waals surface area (Å²) in [5.74, 6) is 0. The average Bonchev–Trinajstić information content (AvgIpc) is 2.71.